The van der Waals surface area contributed by atoms with E-state index in [0.29, 0.717) is 6.61 Å². The van der Waals surface area contributed by atoms with Crippen molar-refractivity contribution in [2.75, 3.05) is 27.2 Å². The minimum absolute atomic E-state index is 0.186. The zero-order valence-electron chi connectivity index (χ0n) is 12.2. The third kappa shape index (κ3) is 4.70. The highest BCUT2D eigenvalue weighted by Gasteiger charge is 2.44. The van der Waals surface area contributed by atoms with Crippen LogP contribution >= 0.6 is 0 Å². The number of hydrogen-bond donors (Lipinski definition) is 0. The fourth-order valence-electron chi connectivity index (χ4n) is 1.67. The van der Waals surface area contributed by atoms with Crippen molar-refractivity contribution in [2.24, 2.45) is 5.41 Å². The molecule has 0 aromatic rings. The average Bonchev–Trinajstić information content (AvgIpc) is 2.15. The molecule has 1 unspecified atom stereocenters. The Balaban J connectivity index is 4.56. The molecular weight excluding hydrogens is 213 g/mol. The van der Waals surface area contributed by atoms with Gasteiger partial charge in [-0.2, -0.15) is 0 Å². The summed E-state index contributed by atoms with van der Waals surface area (Å²) in [6.45, 7) is 8.87. The summed E-state index contributed by atoms with van der Waals surface area (Å²) in [4.78, 5) is 14.1. The van der Waals surface area contributed by atoms with Gasteiger partial charge in [0.1, 0.15) is 6.61 Å². The number of nitrogens with zero attached hydrogens (tertiary/aromatic N) is 1. The van der Waals surface area contributed by atoms with Gasteiger partial charge in [-0.3, -0.25) is 4.79 Å². The normalized spacial score (nSPS) is 15.7. The molecule has 0 rings (SSSR count). The van der Waals surface area contributed by atoms with Gasteiger partial charge >= 0.3 is 5.97 Å². The third-order valence-corrected chi connectivity index (χ3v) is 3.39. The van der Waals surface area contributed by atoms with Crippen molar-refractivity contribution in [2.45, 2.75) is 45.9 Å². The van der Waals surface area contributed by atoms with E-state index in [1.807, 2.05) is 39.8 Å². The Morgan fingerprint density at radius 1 is 1.29 bits per heavy atom. The van der Waals surface area contributed by atoms with Crippen LogP contribution in [0.25, 0.3) is 0 Å². The Hall–Kier alpha value is -0.505. The first-order valence-corrected chi connectivity index (χ1v) is 6.26. The number of rotatable bonds is 7. The molecular formula is C13H26BNO2. The molecule has 0 aromatic carbocycles. The molecule has 0 aliphatic carbocycles. The van der Waals surface area contributed by atoms with Gasteiger partial charge in [0.05, 0.1) is 13.3 Å². The maximum Gasteiger partial charge on any atom is 0.311 e. The van der Waals surface area contributed by atoms with E-state index in [9.17, 15) is 4.79 Å². The molecule has 3 nitrogen and oxygen atoms in total. The zero-order chi connectivity index (χ0) is 13.7. The quantitative estimate of drug-likeness (QED) is 0.504. The topological polar surface area (TPSA) is 29.5 Å². The van der Waals surface area contributed by atoms with Gasteiger partial charge in [0.15, 0.2) is 0 Å². The smallest absolute Gasteiger partial charge is 0.311 e. The lowest BCUT2D eigenvalue weighted by Gasteiger charge is -2.40. The molecule has 98 valence electrons. The number of ether oxygens (including phenoxy) is 1. The molecule has 0 saturated heterocycles. The summed E-state index contributed by atoms with van der Waals surface area (Å²) in [5.41, 5.74) is -0.617. The molecule has 0 spiro atoms. The van der Waals surface area contributed by atoms with Crippen LogP contribution in [0.5, 0.6) is 0 Å². The third-order valence-electron chi connectivity index (χ3n) is 3.39. The number of carbonyl (C=O) groups is 1. The van der Waals surface area contributed by atoms with E-state index in [-0.39, 0.29) is 5.97 Å². The van der Waals surface area contributed by atoms with Gasteiger partial charge < -0.3 is 9.64 Å². The number of esters is 1. The second kappa shape index (κ2) is 6.43. The Bertz CT molecular complexity index is 248. The van der Waals surface area contributed by atoms with Gasteiger partial charge in [-0.15, -0.1) is 0 Å². The molecule has 0 bridgehead atoms. The molecule has 0 N–H and O–H groups in total. The van der Waals surface area contributed by atoms with Crippen LogP contribution < -0.4 is 0 Å². The first-order chi connectivity index (χ1) is 7.65. The molecule has 1 atom stereocenters. The van der Waals surface area contributed by atoms with Gasteiger partial charge in [-0.1, -0.05) is 32.5 Å². The van der Waals surface area contributed by atoms with Crippen LogP contribution in [0.3, 0.4) is 0 Å². The summed E-state index contributed by atoms with van der Waals surface area (Å²) in [5.74, 6) is -0.186. The van der Waals surface area contributed by atoms with Crippen LogP contribution in [0.2, 0.25) is 5.31 Å². The minimum Gasteiger partial charge on any atom is -0.464 e. The Kier molecular flexibility index (Phi) is 6.24. The molecule has 2 radical (unpaired) electrons. The summed E-state index contributed by atoms with van der Waals surface area (Å²) < 4.78 is 5.34. The first kappa shape index (κ1) is 16.5. The lowest BCUT2D eigenvalue weighted by Crippen LogP contribution is -2.40. The Morgan fingerprint density at radius 3 is 2.18 bits per heavy atom. The van der Waals surface area contributed by atoms with Gasteiger partial charge in [0, 0.05) is 6.54 Å². The predicted molar refractivity (Wildman–Crippen MR) is 72.3 cm³/mol. The van der Waals surface area contributed by atoms with E-state index in [1.165, 1.54) is 0 Å². The van der Waals surface area contributed by atoms with Crippen molar-refractivity contribution in [3.8, 4) is 0 Å². The Labute approximate surface area is 107 Å². The second-order valence-electron chi connectivity index (χ2n) is 5.74. The van der Waals surface area contributed by atoms with Gasteiger partial charge in [-0.05, 0) is 27.4 Å². The van der Waals surface area contributed by atoms with Crippen molar-refractivity contribution >= 4 is 13.8 Å². The second-order valence-corrected chi connectivity index (χ2v) is 5.74. The average molecular weight is 239 g/mol. The van der Waals surface area contributed by atoms with Crippen molar-refractivity contribution in [1.82, 2.24) is 4.90 Å². The first-order valence-electron chi connectivity index (χ1n) is 6.26. The molecule has 0 aliphatic heterocycles. The summed E-state index contributed by atoms with van der Waals surface area (Å²) in [5, 5.41) is -0.571. The van der Waals surface area contributed by atoms with Crippen molar-refractivity contribution in [3.05, 3.63) is 0 Å². The van der Waals surface area contributed by atoms with E-state index in [2.05, 4.69) is 6.92 Å². The van der Waals surface area contributed by atoms with E-state index in [4.69, 9.17) is 12.6 Å². The lowest BCUT2D eigenvalue weighted by molar-refractivity contribution is -0.157. The van der Waals surface area contributed by atoms with E-state index in [1.54, 1.807) is 0 Å². The van der Waals surface area contributed by atoms with E-state index >= 15 is 0 Å². The highest BCUT2D eigenvalue weighted by atomic mass is 16.5. The predicted octanol–water partition coefficient (Wildman–Crippen LogP) is 2.26. The highest BCUT2D eigenvalue weighted by molar-refractivity contribution is 6.17. The molecule has 0 aromatic heterocycles. The largest absolute Gasteiger partial charge is 0.464 e. The van der Waals surface area contributed by atoms with E-state index in [0.717, 1.165) is 19.4 Å². The molecule has 17 heavy (non-hydrogen) atoms. The lowest BCUT2D eigenvalue weighted by atomic mass is 9.53. The molecule has 0 amide bonds. The fourth-order valence-corrected chi connectivity index (χ4v) is 1.67. The maximum absolute atomic E-state index is 12.2. The van der Waals surface area contributed by atoms with Gasteiger partial charge in [-0.25, -0.2) is 0 Å². The summed E-state index contributed by atoms with van der Waals surface area (Å²) >= 11 is 0. The molecule has 0 heterocycles. The summed E-state index contributed by atoms with van der Waals surface area (Å²) in [6.07, 6.45) is 1.66. The van der Waals surface area contributed by atoms with Crippen LogP contribution in [-0.2, 0) is 9.53 Å². The van der Waals surface area contributed by atoms with Crippen LogP contribution in [0.1, 0.15) is 40.5 Å². The van der Waals surface area contributed by atoms with Crippen molar-refractivity contribution in [1.29, 1.82) is 0 Å². The maximum atomic E-state index is 12.2. The van der Waals surface area contributed by atoms with Crippen LogP contribution in [0.15, 0.2) is 0 Å². The van der Waals surface area contributed by atoms with Crippen LogP contribution in [0.4, 0.5) is 0 Å². The zero-order valence-corrected chi connectivity index (χ0v) is 12.2. The summed E-state index contributed by atoms with van der Waals surface area (Å²) in [6, 6.07) is 0. The minimum atomic E-state index is -0.617. The molecule has 0 fully saturated rings. The number of carbonyl (C=O) groups excluding carboxylic acids is 1. The summed E-state index contributed by atoms with van der Waals surface area (Å²) in [7, 11) is 10.0. The molecule has 4 heteroatoms. The SMILES string of the molecule is [B]C(C)(C)C(C)(CCC)C(=O)OCCN(C)C. The van der Waals surface area contributed by atoms with Crippen molar-refractivity contribution in [3.63, 3.8) is 0 Å². The molecule has 0 aliphatic rings. The Morgan fingerprint density at radius 2 is 1.82 bits per heavy atom. The number of likely N-dealkylation sites (N-methyl/N-ethyl adjacent to an activating group) is 1. The fraction of sp³-hybridized carbons (Fsp3) is 0.923. The van der Waals surface area contributed by atoms with Crippen LogP contribution in [0, 0.1) is 5.41 Å². The van der Waals surface area contributed by atoms with Crippen LogP contribution in [-0.4, -0.2) is 46.0 Å². The van der Waals surface area contributed by atoms with E-state index < -0.39 is 10.7 Å². The highest BCUT2D eigenvalue weighted by Crippen LogP contribution is 2.46. The van der Waals surface area contributed by atoms with Gasteiger partial charge in [0.25, 0.3) is 0 Å². The van der Waals surface area contributed by atoms with Gasteiger partial charge in [0.2, 0.25) is 0 Å². The standard InChI is InChI=1S/C13H26BNO2/c1-7-8-13(4,12(2,3)14)11(16)17-10-9-15(5)6/h7-10H2,1-6H3. The number of hydrogen-bond acceptors (Lipinski definition) is 3. The molecule has 0 saturated carbocycles. The monoisotopic (exact) mass is 239 g/mol. The van der Waals surface area contributed by atoms with Crippen molar-refractivity contribution < 1.29 is 9.53 Å².